The molecule has 1 aliphatic heterocycles. The zero-order valence-corrected chi connectivity index (χ0v) is 16.7. The van der Waals surface area contributed by atoms with Crippen molar-refractivity contribution in [1.82, 2.24) is 9.97 Å². The molecule has 0 radical (unpaired) electrons. The number of ether oxygens (including phenoxy) is 3. The van der Waals surface area contributed by atoms with Gasteiger partial charge in [-0.25, -0.2) is 19.2 Å². The second-order valence-electron chi connectivity index (χ2n) is 7.27. The topological polar surface area (TPSA) is 103 Å². The van der Waals surface area contributed by atoms with Crippen LogP contribution >= 0.6 is 11.3 Å². The van der Waals surface area contributed by atoms with E-state index in [1.54, 1.807) is 13.0 Å². The Morgan fingerprint density at radius 1 is 1.30 bits per heavy atom. The largest absolute Gasteiger partial charge is 0.488 e. The molecule has 30 heavy (non-hydrogen) atoms. The summed E-state index contributed by atoms with van der Waals surface area (Å²) in [5.74, 6) is -0.650. The van der Waals surface area contributed by atoms with Gasteiger partial charge in [-0.1, -0.05) is 0 Å². The minimum absolute atomic E-state index is 0.00403. The number of hydrogen-bond donors (Lipinski definition) is 2. The van der Waals surface area contributed by atoms with Crippen LogP contribution in [0.4, 0.5) is 15.9 Å². The summed E-state index contributed by atoms with van der Waals surface area (Å²) < 4.78 is 31.1. The third-order valence-corrected chi connectivity index (χ3v) is 6.57. The number of benzene rings is 1. The number of anilines is 2. The third kappa shape index (κ3) is 3.36. The molecule has 2 unspecified atom stereocenters. The van der Waals surface area contributed by atoms with Gasteiger partial charge in [0.25, 0.3) is 0 Å². The Bertz CT molecular complexity index is 1130. The molecule has 2 aliphatic rings. The molecule has 1 aromatic carbocycles. The smallest absolute Gasteiger partial charge is 0.346 e. The molecular formula is C20H18FN3O5S. The van der Waals surface area contributed by atoms with Crippen LogP contribution in [-0.2, 0) is 9.47 Å². The predicted molar refractivity (Wildman–Crippen MR) is 107 cm³/mol. The lowest BCUT2D eigenvalue weighted by Gasteiger charge is -2.18. The highest BCUT2D eigenvalue weighted by molar-refractivity contribution is 7.20. The molecule has 156 valence electrons. The number of fused-ring (bicyclic) bond motifs is 2. The molecule has 0 bridgehead atoms. The lowest BCUT2D eigenvalue weighted by atomic mass is 10.2. The monoisotopic (exact) mass is 431 g/mol. The van der Waals surface area contributed by atoms with Gasteiger partial charge in [0.15, 0.2) is 0 Å². The maximum absolute atomic E-state index is 14.0. The number of aromatic nitrogens is 2. The quantitative estimate of drug-likeness (QED) is 0.628. The summed E-state index contributed by atoms with van der Waals surface area (Å²) in [6, 6.07) is 4.22. The summed E-state index contributed by atoms with van der Waals surface area (Å²) in [6.45, 7) is 2.02. The number of nitrogens with zero attached hydrogens (tertiary/aromatic N) is 2. The zero-order chi connectivity index (χ0) is 20.8. The van der Waals surface area contributed by atoms with Crippen molar-refractivity contribution in [3.63, 3.8) is 0 Å². The van der Waals surface area contributed by atoms with Gasteiger partial charge in [-0.15, -0.1) is 11.3 Å². The number of carboxylic acids is 1. The first-order chi connectivity index (χ1) is 14.5. The van der Waals surface area contributed by atoms with Crippen molar-refractivity contribution in [2.24, 2.45) is 0 Å². The molecule has 8 nitrogen and oxygen atoms in total. The van der Waals surface area contributed by atoms with Crippen LogP contribution in [0, 0.1) is 12.7 Å². The number of aryl methyl sites for hydroxylation is 1. The first-order valence-electron chi connectivity index (χ1n) is 9.43. The average molecular weight is 431 g/mol. The second-order valence-corrected chi connectivity index (χ2v) is 8.27. The molecule has 2 atom stereocenters. The van der Waals surface area contributed by atoms with E-state index in [0.29, 0.717) is 52.7 Å². The van der Waals surface area contributed by atoms with E-state index in [-0.39, 0.29) is 23.2 Å². The Hall–Kier alpha value is -2.82. The van der Waals surface area contributed by atoms with Gasteiger partial charge >= 0.3 is 5.97 Å². The van der Waals surface area contributed by atoms with Gasteiger partial charge in [-0.05, 0) is 24.6 Å². The fourth-order valence-corrected chi connectivity index (χ4v) is 4.94. The average Bonchev–Trinajstić information content (AvgIpc) is 3.38. The molecule has 5 rings (SSSR count). The predicted octanol–water partition coefficient (Wildman–Crippen LogP) is 3.86. The van der Waals surface area contributed by atoms with Crippen LogP contribution in [0.1, 0.15) is 28.1 Å². The van der Waals surface area contributed by atoms with Crippen LogP contribution in [0.2, 0.25) is 0 Å². The van der Waals surface area contributed by atoms with Gasteiger partial charge in [-0.2, -0.15) is 0 Å². The number of aromatic carboxylic acids is 1. The van der Waals surface area contributed by atoms with Crippen LogP contribution in [0.5, 0.6) is 5.75 Å². The van der Waals surface area contributed by atoms with Crippen molar-refractivity contribution in [2.45, 2.75) is 38.1 Å². The number of rotatable bonds is 5. The highest BCUT2D eigenvalue weighted by Gasteiger charge is 2.41. The molecule has 2 N–H and O–H groups in total. The SMILES string of the molecule is Cc1c(C(=O)O)sc2ncnc(Nc3ccc(F)cc3OC3CC4OCOC4C3)c12. The van der Waals surface area contributed by atoms with E-state index in [1.165, 1.54) is 18.5 Å². The number of thiophene rings is 1. The van der Waals surface area contributed by atoms with Crippen molar-refractivity contribution in [1.29, 1.82) is 0 Å². The minimum Gasteiger partial charge on any atom is -0.488 e. The van der Waals surface area contributed by atoms with Crippen molar-refractivity contribution < 1.29 is 28.5 Å². The van der Waals surface area contributed by atoms with Gasteiger partial charge in [0.1, 0.15) is 46.3 Å². The molecule has 1 aliphatic carbocycles. The normalized spacial score (nSPS) is 22.9. The Labute approximate surface area is 174 Å². The Morgan fingerprint density at radius 2 is 2.07 bits per heavy atom. The summed E-state index contributed by atoms with van der Waals surface area (Å²) in [5.41, 5.74) is 1.10. The Balaban J connectivity index is 1.46. The lowest BCUT2D eigenvalue weighted by molar-refractivity contribution is 0.0123. The van der Waals surface area contributed by atoms with Gasteiger partial charge < -0.3 is 24.6 Å². The fraction of sp³-hybridized carbons (Fsp3) is 0.350. The highest BCUT2D eigenvalue weighted by Crippen LogP contribution is 2.38. The molecule has 3 heterocycles. The number of carbonyl (C=O) groups is 1. The standard InChI is InChI=1S/C20H18FN3O5S/c1-9-16-18(22-7-23-19(16)30-17(9)20(25)26)24-12-3-2-10(21)4-13(12)29-11-5-14-15(6-11)28-8-27-14/h2-4,7,11,14-15H,5-6,8H2,1H3,(H,25,26)(H,22,23,24). The van der Waals surface area contributed by atoms with E-state index < -0.39 is 11.8 Å². The summed E-state index contributed by atoms with van der Waals surface area (Å²) in [5, 5.41) is 13.2. The Morgan fingerprint density at radius 3 is 2.80 bits per heavy atom. The molecule has 10 heteroatoms. The summed E-state index contributed by atoms with van der Waals surface area (Å²) in [7, 11) is 0. The molecule has 0 spiro atoms. The first kappa shape index (κ1) is 19.2. The number of halogens is 1. The van der Waals surface area contributed by atoms with E-state index in [0.717, 1.165) is 11.3 Å². The summed E-state index contributed by atoms with van der Waals surface area (Å²) in [6.07, 6.45) is 2.56. The maximum atomic E-state index is 14.0. The number of nitrogens with one attached hydrogen (secondary N) is 1. The molecule has 0 amide bonds. The van der Waals surface area contributed by atoms with Crippen molar-refractivity contribution in [3.8, 4) is 5.75 Å². The highest BCUT2D eigenvalue weighted by atomic mass is 32.1. The van der Waals surface area contributed by atoms with Crippen LogP contribution in [0.3, 0.4) is 0 Å². The minimum atomic E-state index is -1.01. The van der Waals surface area contributed by atoms with E-state index in [2.05, 4.69) is 15.3 Å². The molecule has 3 aromatic rings. The number of hydrogen-bond acceptors (Lipinski definition) is 8. The van der Waals surface area contributed by atoms with Crippen molar-refractivity contribution in [3.05, 3.63) is 40.8 Å². The van der Waals surface area contributed by atoms with Crippen LogP contribution in [0.15, 0.2) is 24.5 Å². The van der Waals surface area contributed by atoms with Gasteiger partial charge in [0.05, 0.1) is 23.3 Å². The number of carboxylic acid groups (broad SMARTS) is 1. The van der Waals surface area contributed by atoms with Crippen molar-refractivity contribution in [2.75, 3.05) is 12.1 Å². The van der Waals surface area contributed by atoms with E-state index >= 15 is 0 Å². The summed E-state index contributed by atoms with van der Waals surface area (Å²) >= 11 is 1.09. The molecule has 2 fully saturated rings. The lowest BCUT2D eigenvalue weighted by Crippen LogP contribution is -2.16. The second kappa shape index (κ2) is 7.46. The van der Waals surface area contributed by atoms with Gasteiger partial charge in [-0.3, -0.25) is 0 Å². The molecule has 2 aromatic heterocycles. The van der Waals surface area contributed by atoms with Crippen LogP contribution in [-0.4, -0.2) is 46.1 Å². The van der Waals surface area contributed by atoms with E-state index in [4.69, 9.17) is 14.2 Å². The first-order valence-corrected chi connectivity index (χ1v) is 10.2. The molecular weight excluding hydrogens is 413 g/mol. The van der Waals surface area contributed by atoms with Crippen molar-refractivity contribution >= 4 is 39.0 Å². The summed E-state index contributed by atoms with van der Waals surface area (Å²) in [4.78, 5) is 20.7. The maximum Gasteiger partial charge on any atom is 0.346 e. The van der Waals surface area contributed by atoms with Crippen LogP contribution in [0.25, 0.3) is 10.2 Å². The Kier molecular flexibility index (Phi) is 4.76. The van der Waals surface area contributed by atoms with E-state index in [1.807, 2.05) is 0 Å². The van der Waals surface area contributed by atoms with E-state index in [9.17, 15) is 14.3 Å². The zero-order valence-electron chi connectivity index (χ0n) is 15.9. The van der Waals surface area contributed by atoms with Crippen LogP contribution < -0.4 is 10.1 Å². The van der Waals surface area contributed by atoms with Gasteiger partial charge in [0, 0.05) is 18.9 Å². The molecule has 1 saturated carbocycles. The van der Waals surface area contributed by atoms with Gasteiger partial charge in [0.2, 0.25) is 0 Å². The fourth-order valence-electron chi connectivity index (χ4n) is 3.95. The molecule has 1 saturated heterocycles. The third-order valence-electron chi connectivity index (χ3n) is 5.38.